The second kappa shape index (κ2) is 8.71. The molecule has 1 saturated heterocycles. The smallest absolute Gasteiger partial charge is 0.413 e. The predicted molar refractivity (Wildman–Crippen MR) is 132 cm³/mol. The van der Waals surface area contributed by atoms with Crippen LogP contribution >= 0.6 is 0 Å². The molecule has 3 aliphatic rings. The summed E-state index contributed by atoms with van der Waals surface area (Å²) in [5.41, 5.74) is 8.35. The molecule has 0 radical (unpaired) electrons. The maximum absolute atomic E-state index is 15.3. The molecule has 2 aromatic heterocycles. The predicted octanol–water partition coefficient (Wildman–Crippen LogP) is 3.25. The molecule has 2 aliphatic heterocycles. The third-order valence-corrected chi connectivity index (χ3v) is 6.93. The molecule has 0 unspecified atom stereocenters. The van der Waals surface area contributed by atoms with Gasteiger partial charge in [-0.05, 0) is 36.4 Å². The average molecular weight is 511 g/mol. The second-order valence-electron chi connectivity index (χ2n) is 9.45. The molecule has 4 N–H and O–H groups in total. The van der Waals surface area contributed by atoms with Gasteiger partial charge in [-0.3, -0.25) is 10.1 Å². The number of amides is 2. The van der Waals surface area contributed by atoms with E-state index in [4.69, 9.17) is 15.2 Å². The van der Waals surface area contributed by atoms with Gasteiger partial charge >= 0.3 is 6.09 Å². The van der Waals surface area contributed by atoms with E-state index in [-0.39, 0.29) is 42.5 Å². The molecule has 3 aromatic rings. The van der Waals surface area contributed by atoms with Gasteiger partial charge in [0, 0.05) is 35.5 Å². The summed E-state index contributed by atoms with van der Waals surface area (Å²) in [5.74, 6) is -0.726. The van der Waals surface area contributed by atoms with E-state index in [0.29, 0.717) is 41.1 Å². The van der Waals surface area contributed by atoms with Crippen molar-refractivity contribution in [2.75, 3.05) is 42.6 Å². The average Bonchev–Trinajstić information content (AvgIpc) is 3.60. The first-order chi connectivity index (χ1) is 17.8. The van der Waals surface area contributed by atoms with Crippen molar-refractivity contribution in [3.63, 3.8) is 0 Å². The van der Waals surface area contributed by atoms with Gasteiger partial charge in [-0.1, -0.05) is 0 Å². The zero-order valence-electron chi connectivity index (χ0n) is 19.9. The molecule has 0 bridgehead atoms. The molecular formula is C25H24F2N6O4. The normalized spacial score (nSPS) is 20.4. The summed E-state index contributed by atoms with van der Waals surface area (Å²) in [6, 6.07) is 3.20. The van der Waals surface area contributed by atoms with Crippen molar-refractivity contribution in [1.82, 2.24) is 14.9 Å². The standard InChI is InChI=1S/C25H24F2N6O4/c1-11-16(7-31-23-22(11)29-2-3-36-23)14-4-12-5-19(30-8-17(12)21(28)20(14)27)32-25(35)37-13-9-33(10-13)24(34)15-6-18(15)26/h4-5,7-8,13,15,18,29H,2-3,6,9-10,28H2,1H3,(H,30,32,35)/t15-,18-/m1/s1. The maximum Gasteiger partial charge on any atom is 0.413 e. The lowest BCUT2D eigenvalue weighted by atomic mass is 9.97. The number of nitrogen functional groups attached to an aromatic ring is 1. The molecule has 12 heteroatoms. The Balaban J connectivity index is 1.20. The summed E-state index contributed by atoms with van der Waals surface area (Å²) >= 11 is 0. The molecule has 37 heavy (non-hydrogen) atoms. The van der Waals surface area contributed by atoms with Gasteiger partial charge in [-0.25, -0.2) is 23.5 Å². The number of halogens is 2. The quantitative estimate of drug-likeness (QED) is 0.456. The lowest BCUT2D eigenvalue weighted by Crippen LogP contribution is -2.56. The SMILES string of the molecule is Cc1c(-c2cc3cc(NC(=O)OC4CN(C(=O)[C@@H]5C[C@H]5F)C4)ncc3c(N)c2F)cnc2c1NCCO2. The van der Waals surface area contributed by atoms with Crippen LogP contribution in [-0.2, 0) is 9.53 Å². The fourth-order valence-corrected chi connectivity index (χ4v) is 4.69. The van der Waals surface area contributed by atoms with Crippen LogP contribution in [0.15, 0.2) is 24.5 Å². The van der Waals surface area contributed by atoms with Gasteiger partial charge in [-0.2, -0.15) is 0 Å². The van der Waals surface area contributed by atoms with Crippen LogP contribution in [0.25, 0.3) is 21.9 Å². The number of ether oxygens (including phenoxy) is 2. The van der Waals surface area contributed by atoms with Gasteiger partial charge < -0.3 is 25.4 Å². The van der Waals surface area contributed by atoms with Gasteiger partial charge in [0.2, 0.25) is 11.8 Å². The fourth-order valence-electron chi connectivity index (χ4n) is 4.69. The van der Waals surface area contributed by atoms with Crippen molar-refractivity contribution < 1.29 is 27.8 Å². The minimum atomic E-state index is -1.06. The first-order valence-corrected chi connectivity index (χ1v) is 11.9. The molecule has 192 valence electrons. The lowest BCUT2D eigenvalue weighted by Gasteiger charge is -2.38. The van der Waals surface area contributed by atoms with Gasteiger partial charge in [0.15, 0.2) is 5.82 Å². The van der Waals surface area contributed by atoms with E-state index < -0.39 is 30.1 Å². The number of aromatic nitrogens is 2. The Kier molecular flexibility index (Phi) is 5.46. The van der Waals surface area contributed by atoms with Crippen molar-refractivity contribution in [2.24, 2.45) is 5.92 Å². The number of hydrogen-bond donors (Lipinski definition) is 3. The van der Waals surface area contributed by atoms with Crippen molar-refractivity contribution in [3.05, 3.63) is 35.9 Å². The van der Waals surface area contributed by atoms with Crippen LogP contribution in [0.1, 0.15) is 12.0 Å². The highest BCUT2D eigenvalue weighted by atomic mass is 19.1. The molecule has 6 rings (SSSR count). The summed E-state index contributed by atoms with van der Waals surface area (Å²) in [6.07, 6.45) is 0.915. The zero-order valence-corrected chi connectivity index (χ0v) is 19.9. The van der Waals surface area contributed by atoms with Crippen molar-refractivity contribution >= 4 is 40.0 Å². The number of hydrogen-bond acceptors (Lipinski definition) is 8. The number of nitrogens with two attached hydrogens (primary N) is 1. The van der Waals surface area contributed by atoms with Gasteiger partial charge in [-0.15, -0.1) is 0 Å². The third-order valence-electron chi connectivity index (χ3n) is 6.93. The molecule has 0 spiro atoms. The Labute approximate surface area is 210 Å². The van der Waals surface area contributed by atoms with E-state index in [1.54, 1.807) is 18.3 Å². The number of likely N-dealkylation sites (tertiary alicyclic amines) is 1. The topological polar surface area (TPSA) is 132 Å². The van der Waals surface area contributed by atoms with Crippen LogP contribution in [0.5, 0.6) is 5.88 Å². The monoisotopic (exact) mass is 510 g/mol. The molecular weight excluding hydrogens is 486 g/mol. The Morgan fingerprint density at radius 2 is 2.03 bits per heavy atom. The number of nitrogens with one attached hydrogen (secondary N) is 2. The number of pyridine rings is 2. The number of anilines is 3. The molecule has 2 amide bonds. The number of rotatable bonds is 4. The van der Waals surface area contributed by atoms with Gasteiger partial charge in [0.1, 0.15) is 30.4 Å². The van der Waals surface area contributed by atoms with E-state index in [9.17, 15) is 14.0 Å². The van der Waals surface area contributed by atoms with E-state index in [2.05, 4.69) is 20.6 Å². The van der Waals surface area contributed by atoms with E-state index >= 15 is 4.39 Å². The molecule has 2 fully saturated rings. The molecule has 2 atom stereocenters. The second-order valence-corrected chi connectivity index (χ2v) is 9.45. The minimum absolute atomic E-state index is 0.0686. The minimum Gasteiger partial charge on any atom is -0.474 e. The molecule has 10 nitrogen and oxygen atoms in total. The van der Waals surface area contributed by atoms with Crippen molar-refractivity contribution in [2.45, 2.75) is 25.6 Å². The number of nitrogens with zero attached hydrogens (tertiary/aromatic N) is 3. The van der Waals surface area contributed by atoms with Crippen LogP contribution in [0.4, 0.5) is 30.8 Å². The number of carbonyl (C=O) groups is 2. The first-order valence-electron chi connectivity index (χ1n) is 11.9. The van der Waals surface area contributed by atoms with Crippen LogP contribution in [-0.4, -0.2) is 65.4 Å². The van der Waals surface area contributed by atoms with Gasteiger partial charge in [0.05, 0.1) is 24.7 Å². The third kappa shape index (κ3) is 4.11. The van der Waals surface area contributed by atoms with Crippen molar-refractivity contribution in [3.8, 4) is 17.0 Å². The molecule has 1 saturated carbocycles. The Bertz CT molecular complexity index is 1440. The highest BCUT2D eigenvalue weighted by Crippen LogP contribution is 2.40. The summed E-state index contributed by atoms with van der Waals surface area (Å²) in [6.45, 7) is 3.43. The van der Waals surface area contributed by atoms with Crippen LogP contribution in [0.3, 0.4) is 0 Å². The van der Waals surface area contributed by atoms with Crippen LogP contribution < -0.4 is 21.1 Å². The molecule has 1 aromatic carbocycles. The van der Waals surface area contributed by atoms with Gasteiger partial charge in [0.25, 0.3) is 0 Å². The Morgan fingerprint density at radius 3 is 2.78 bits per heavy atom. The van der Waals surface area contributed by atoms with Crippen LogP contribution in [0.2, 0.25) is 0 Å². The number of carbonyl (C=O) groups excluding carboxylic acids is 2. The Morgan fingerprint density at radius 1 is 1.24 bits per heavy atom. The molecule has 4 heterocycles. The van der Waals surface area contributed by atoms with Crippen LogP contribution in [0, 0.1) is 18.7 Å². The van der Waals surface area contributed by atoms with E-state index in [1.165, 1.54) is 11.1 Å². The summed E-state index contributed by atoms with van der Waals surface area (Å²) in [4.78, 5) is 34.3. The van der Waals surface area contributed by atoms with E-state index in [0.717, 1.165) is 5.56 Å². The highest BCUT2D eigenvalue weighted by molar-refractivity contribution is 5.99. The highest BCUT2D eigenvalue weighted by Gasteiger charge is 2.48. The number of fused-ring (bicyclic) bond motifs is 2. The number of alkyl halides is 1. The summed E-state index contributed by atoms with van der Waals surface area (Å²) in [7, 11) is 0. The zero-order chi connectivity index (χ0) is 25.8. The Hall–Kier alpha value is -4.22. The molecule has 1 aliphatic carbocycles. The fraction of sp³-hybridized carbons (Fsp3) is 0.360. The first kappa shape index (κ1) is 23.2. The largest absolute Gasteiger partial charge is 0.474 e. The lowest BCUT2D eigenvalue weighted by molar-refractivity contribution is -0.143. The van der Waals surface area contributed by atoms with Crippen molar-refractivity contribution in [1.29, 1.82) is 0 Å². The summed E-state index contributed by atoms with van der Waals surface area (Å²) < 4.78 is 39.3. The summed E-state index contributed by atoms with van der Waals surface area (Å²) in [5, 5.41) is 6.75. The maximum atomic E-state index is 15.3. The van der Waals surface area contributed by atoms with E-state index in [1.807, 2.05) is 6.92 Å². The number of benzene rings is 1.